The summed E-state index contributed by atoms with van der Waals surface area (Å²) in [5, 5.41) is 2.87. The zero-order chi connectivity index (χ0) is 17.9. The molecule has 0 aliphatic heterocycles. The summed E-state index contributed by atoms with van der Waals surface area (Å²) < 4.78 is 33.4. The molecule has 0 radical (unpaired) electrons. The summed E-state index contributed by atoms with van der Waals surface area (Å²) >= 11 is 0. The van der Waals surface area contributed by atoms with Crippen LogP contribution in [0, 0.1) is 0 Å². The number of aliphatic imine (C=N–C) groups is 1. The predicted octanol–water partition coefficient (Wildman–Crippen LogP) is 3.72. The minimum Gasteiger partial charge on any atom is -0.481 e. The van der Waals surface area contributed by atoms with Crippen LogP contribution < -0.4 is 15.8 Å². The van der Waals surface area contributed by atoms with Gasteiger partial charge in [0.1, 0.15) is 12.2 Å². The van der Waals surface area contributed by atoms with Crippen LogP contribution in [0.3, 0.4) is 0 Å². The van der Waals surface area contributed by atoms with E-state index in [1.54, 1.807) is 0 Å². The Balaban J connectivity index is 0.00000243. The van der Waals surface area contributed by atoms with E-state index in [0.29, 0.717) is 0 Å². The first kappa shape index (κ1) is 20.3. The van der Waals surface area contributed by atoms with Crippen molar-refractivity contribution < 1.29 is 13.5 Å². The van der Waals surface area contributed by atoms with E-state index in [2.05, 4.69) is 15.3 Å². The van der Waals surface area contributed by atoms with E-state index in [1.807, 2.05) is 18.2 Å². The number of nitrogens with one attached hydrogen (secondary N) is 1. The number of hydrogen-bond donors (Lipinski definition) is 2. The highest BCUT2D eigenvalue weighted by molar-refractivity contribution is 14.0. The molecule has 0 atom stereocenters. The van der Waals surface area contributed by atoms with Gasteiger partial charge in [-0.3, -0.25) is 0 Å². The second-order valence-electron chi connectivity index (χ2n) is 5.93. The lowest BCUT2D eigenvalue weighted by molar-refractivity contribution is 0.00147. The van der Waals surface area contributed by atoms with Crippen LogP contribution in [0.15, 0.2) is 41.4 Å². The number of benzene rings is 1. The van der Waals surface area contributed by atoms with Crippen LogP contribution in [0.4, 0.5) is 14.5 Å². The minimum atomic E-state index is -3.24. The average molecular weight is 474 g/mol. The third kappa shape index (κ3) is 4.80. The first-order chi connectivity index (χ1) is 12.0. The summed E-state index contributed by atoms with van der Waals surface area (Å²) in [6, 6.07) is 10.1. The second-order valence-corrected chi connectivity index (χ2v) is 5.93. The van der Waals surface area contributed by atoms with Crippen LogP contribution in [0.25, 0.3) is 0 Å². The van der Waals surface area contributed by atoms with Gasteiger partial charge in [0.05, 0.1) is 7.11 Å². The standard InChI is InChI=1S/C18H20F2N4O.HI/c1-25-16-7-3-6-15(24-16)18(19,20)11-22-17(21)23-14-9-8-12-4-2-5-13(12)10-14;/h3,6-10H,2,4-5,11H2,1H3,(H3,21,22,23);1H. The smallest absolute Gasteiger partial charge is 0.309 e. The molecule has 0 saturated heterocycles. The Morgan fingerprint density at radius 2 is 2.04 bits per heavy atom. The number of fused-ring (bicyclic) bond motifs is 1. The Labute approximate surface area is 168 Å². The van der Waals surface area contributed by atoms with Crippen molar-refractivity contribution in [2.45, 2.75) is 25.2 Å². The Kier molecular flexibility index (Phi) is 6.74. The molecule has 140 valence electrons. The van der Waals surface area contributed by atoms with Crippen molar-refractivity contribution >= 4 is 35.6 Å². The highest BCUT2D eigenvalue weighted by Gasteiger charge is 2.33. The molecule has 0 saturated carbocycles. The highest BCUT2D eigenvalue weighted by Crippen LogP contribution is 2.28. The van der Waals surface area contributed by atoms with Gasteiger partial charge in [-0.1, -0.05) is 12.1 Å². The molecule has 0 unspecified atom stereocenters. The maximum Gasteiger partial charge on any atom is 0.309 e. The van der Waals surface area contributed by atoms with E-state index < -0.39 is 18.2 Å². The molecular formula is C18H21F2IN4O. The van der Waals surface area contributed by atoms with Crippen molar-refractivity contribution in [3.8, 4) is 5.88 Å². The van der Waals surface area contributed by atoms with Crippen molar-refractivity contribution in [3.05, 3.63) is 53.2 Å². The number of methoxy groups -OCH3 is 1. The van der Waals surface area contributed by atoms with Crippen molar-refractivity contribution in [1.29, 1.82) is 0 Å². The van der Waals surface area contributed by atoms with Gasteiger partial charge >= 0.3 is 5.92 Å². The Bertz CT molecular complexity index is 799. The van der Waals surface area contributed by atoms with E-state index in [-0.39, 0.29) is 35.8 Å². The van der Waals surface area contributed by atoms with Gasteiger partial charge in [0.2, 0.25) is 5.88 Å². The summed E-state index contributed by atoms with van der Waals surface area (Å²) in [5.74, 6) is -3.16. The van der Waals surface area contributed by atoms with Gasteiger partial charge in [-0.15, -0.1) is 24.0 Å². The van der Waals surface area contributed by atoms with Gasteiger partial charge in [-0.05, 0) is 48.6 Å². The molecular weight excluding hydrogens is 453 g/mol. The molecule has 0 fully saturated rings. The SMILES string of the molecule is COc1cccc(C(F)(F)CN=C(N)Nc2ccc3c(c2)CCC3)n1.I. The van der Waals surface area contributed by atoms with E-state index in [0.717, 1.165) is 24.9 Å². The fraction of sp³-hybridized carbons (Fsp3) is 0.333. The second kappa shape index (κ2) is 8.61. The van der Waals surface area contributed by atoms with Crippen LogP contribution in [0.5, 0.6) is 5.88 Å². The third-order valence-electron chi connectivity index (χ3n) is 4.13. The van der Waals surface area contributed by atoms with Gasteiger partial charge in [0.25, 0.3) is 0 Å². The molecule has 0 amide bonds. The molecule has 1 aliphatic carbocycles. The summed E-state index contributed by atoms with van der Waals surface area (Å²) in [7, 11) is 1.38. The fourth-order valence-corrected chi connectivity index (χ4v) is 2.83. The molecule has 26 heavy (non-hydrogen) atoms. The van der Waals surface area contributed by atoms with E-state index in [9.17, 15) is 8.78 Å². The fourth-order valence-electron chi connectivity index (χ4n) is 2.83. The van der Waals surface area contributed by atoms with Gasteiger partial charge < -0.3 is 15.8 Å². The lowest BCUT2D eigenvalue weighted by Gasteiger charge is -2.15. The summed E-state index contributed by atoms with van der Waals surface area (Å²) in [4.78, 5) is 7.53. The molecule has 1 heterocycles. The van der Waals surface area contributed by atoms with Crippen LogP contribution in [0.2, 0.25) is 0 Å². The number of anilines is 1. The number of rotatable bonds is 5. The van der Waals surface area contributed by atoms with Crippen LogP contribution >= 0.6 is 24.0 Å². The highest BCUT2D eigenvalue weighted by atomic mass is 127. The first-order valence-electron chi connectivity index (χ1n) is 8.06. The van der Waals surface area contributed by atoms with E-state index in [1.165, 1.54) is 36.4 Å². The zero-order valence-electron chi connectivity index (χ0n) is 14.3. The lowest BCUT2D eigenvalue weighted by atomic mass is 10.1. The Hall–Kier alpha value is -1.97. The topological polar surface area (TPSA) is 72.5 Å². The molecule has 3 rings (SSSR count). The van der Waals surface area contributed by atoms with Crippen molar-refractivity contribution in [2.24, 2.45) is 10.7 Å². The number of hydrogen-bond acceptors (Lipinski definition) is 3. The molecule has 1 aromatic heterocycles. The predicted molar refractivity (Wildman–Crippen MR) is 109 cm³/mol. The van der Waals surface area contributed by atoms with Crippen molar-refractivity contribution in [2.75, 3.05) is 19.0 Å². The summed E-state index contributed by atoms with van der Waals surface area (Å²) in [6.07, 6.45) is 3.25. The van der Waals surface area contributed by atoms with Gasteiger partial charge in [-0.25, -0.2) is 9.98 Å². The summed E-state index contributed by atoms with van der Waals surface area (Å²) in [6.45, 7) is -0.795. The van der Waals surface area contributed by atoms with Gasteiger partial charge in [0, 0.05) is 11.8 Å². The van der Waals surface area contributed by atoms with E-state index in [4.69, 9.17) is 10.5 Å². The quantitative estimate of drug-likeness (QED) is 0.394. The van der Waals surface area contributed by atoms with Gasteiger partial charge in [0.15, 0.2) is 5.96 Å². The Morgan fingerprint density at radius 3 is 2.81 bits per heavy atom. The first-order valence-corrected chi connectivity index (χ1v) is 8.06. The van der Waals surface area contributed by atoms with Crippen LogP contribution in [-0.2, 0) is 18.8 Å². The Morgan fingerprint density at radius 1 is 1.27 bits per heavy atom. The van der Waals surface area contributed by atoms with E-state index >= 15 is 0 Å². The molecule has 3 N–H and O–H groups in total. The lowest BCUT2D eigenvalue weighted by Crippen LogP contribution is -2.27. The van der Waals surface area contributed by atoms with Crippen LogP contribution in [0.1, 0.15) is 23.2 Å². The number of aromatic nitrogens is 1. The largest absolute Gasteiger partial charge is 0.481 e. The molecule has 5 nitrogen and oxygen atoms in total. The summed E-state index contributed by atoms with van der Waals surface area (Å²) in [5.41, 5.74) is 8.70. The molecule has 2 aromatic rings. The normalized spacial score (nSPS) is 13.7. The number of guanidine groups is 1. The minimum absolute atomic E-state index is 0. The molecule has 1 aliphatic rings. The third-order valence-corrected chi connectivity index (χ3v) is 4.13. The zero-order valence-corrected chi connectivity index (χ0v) is 16.7. The average Bonchev–Trinajstić information content (AvgIpc) is 3.08. The van der Waals surface area contributed by atoms with Gasteiger partial charge in [-0.2, -0.15) is 8.78 Å². The molecule has 0 spiro atoms. The number of pyridine rings is 1. The number of aryl methyl sites for hydroxylation is 2. The van der Waals surface area contributed by atoms with Crippen molar-refractivity contribution in [3.63, 3.8) is 0 Å². The van der Waals surface area contributed by atoms with Crippen LogP contribution in [-0.4, -0.2) is 24.6 Å². The number of alkyl halides is 2. The molecule has 8 heteroatoms. The molecule has 0 bridgehead atoms. The van der Waals surface area contributed by atoms with Crippen molar-refractivity contribution in [1.82, 2.24) is 4.98 Å². The monoisotopic (exact) mass is 474 g/mol. The number of nitrogens with zero attached hydrogens (tertiary/aromatic N) is 2. The molecule has 1 aromatic carbocycles. The number of halogens is 3. The maximum atomic E-state index is 14.2. The number of nitrogens with two attached hydrogens (primary N) is 1. The maximum absolute atomic E-state index is 14.2. The number of ether oxygens (including phenoxy) is 1.